The Balaban J connectivity index is 0.000000158. The SMILES string of the molecule is C.C.C.C.CI.Cc1ccncc1-c1cnc2c(c1)c(-c1nc3ccncc3[nH]1)nn2C1CCCCO1.Cc1ccncc1-c1cnc2c(c1)c(C=O)nn2C1CCCCO1.Cc1ccncc1-c1cnc2n[nH]c(-c3nc4ccncc4[nH]3)c2c1.Cc1ccncc1B(O)O.Nc1ccncc1N.O=Cc1nn(C2CCCCO2)c2ncc(Br)cc12. The quantitative estimate of drug-likeness (QED) is 0.0274. The smallest absolute Gasteiger partial charge is 0.423 e. The van der Waals surface area contributed by atoms with E-state index in [1.54, 1.807) is 90.4 Å². The third kappa shape index (κ3) is 20.9. The predicted octanol–water partition coefficient (Wildman–Crippen LogP) is 16.6. The maximum atomic E-state index is 11.5. The molecular formula is C87H98BBrIN25O7. The van der Waals surface area contributed by atoms with E-state index < -0.39 is 7.12 Å². The number of nitrogens with one attached hydrogen (secondary N) is 3. The first kappa shape index (κ1) is 91.8. The predicted molar refractivity (Wildman–Crippen MR) is 490 cm³/mol. The highest BCUT2D eigenvalue weighted by molar-refractivity contribution is 14.1. The normalized spacial score (nSPS) is 14.5. The molecule has 0 saturated carbocycles. The highest BCUT2D eigenvalue weighted by atomic mass is 127. The summed E-state index contributed by atoms with van der Waals surface area (Å²) in [7, 11) is -1.41. The molecule has 9 N–H and O–H groups in total. The molecule has 3 saturated heterocycles. The molecule has 0 spiro atoms. The Bertz CT molecular complexity index is 6250. The van der Waals surface area contributed by atoms with Crippen molar-refractivity contribution in [3.8, 4) is 56.4 Å². The zero-order valence-electron chi connectivity index (χ0n) is 65.0. The zero-order valence-corrected chi connectivity index (χ0v) is 68.7. The number of nitrogens with two attached hydrogens (primary N) is 2. The van der Waals surface area contributed by atoms with Gasteiger partial charge in [-0.05, 0) is 195 Å². The molecule has 3 unspecified atom stereocenters. The highest BCUT2D eigenvalue weighted by Crippen LogP contribution is 2.37. The van der Waals surface area contributed by atoms with E-state index >= 15 is 0 Å². The fourth-order valence-corrected chi connectivity index (χ4v) is 14.1. The Hall–Kier alpha value is -12.5. The average molecular weight is 1820 g/mol. The number of nitrogens with zero attached hydrogens (tertiary/aromatic N) is 20. The number of anilines is 2. The van der Waals surface area contributed by atoms with Crippen LogP contribution >= 0.6 is 38.5 Å². The van der Waals surface area contributed by atoms with Crippen molar-refractivity contribution in [3.05, 3.63) is 216 Å². The number of hydrogen-bond acceptors (Lipinski definition) is 26. The lowest BCUT2D eigenvalue weighted by Crippen LogP contribution is -2.32. The second kappa shape index (κ2) is 43.1. The van der Waals surface area contributed by atoms with Crippen molar-refractivity contribution in [2.75, 3.05) is 36.2 Å². The number of aromatic nitrogens is 23. The van der Waals surface area contributed by atoms with Crippen LogP contribution in [0.25, 0.3) is 123 Å². The van der Waals surface area contributed by atoms with E-state index in [0.717, 1.165) is 211 Å². The average Bonchev–Trinajstić information content (AvgIpc) is 1.61. The number of aromatic amines is 3. The first-order chi connectivity index (χ1) is 57.7. The first-order valence-corrected chi connectivity index (χ1v) is 40.9. The molecule has 20 rings (SSSR count). The molecule has 3 aliphatic rings. The molecule has 0 bridgehead atoms. The number of fused-ring (bicyclic) bond motifs is 6. The second-order valence-corrected chi connectivity index (χ2v) is 28.6. The lowest BCUT2D eigenvalue weighted by Gasteiger charge is -2.23. The number of halogens is 2. The highest BCUT2D eigenvalue weighted by Gasteiger charge is 2.28. The standard InChI is InChI=1S/C23H21N7O.C18H13N7.C18H18N4O2.C12H12BrN3O2.C6H8BNO2.C5H7N3.CH3I.4CH4/c1-14-5-7-24-12-17(14)15-10-16-21(22-27-18-6-8-25-13-19(18)28-22)29-30(23(16)26-11-15)20-4-2-3-9-31-20;1-10-2-4-19-8-13(10)11-6-12-16(24-25-17(12)21-7-11)18-22-14-3-5-20-9-15(14)23-18;1-12-5-6-19-10-15(12)13-8-14-16(11-23)21-22(18(14)20-9-13)17-4-2-3-7-24-17;13-8-5-9-10(7-17)15-16(12(9)14-6-8)11-3-1-2-4-18-11;1-5-2-3-8-4-6(5)7(9)10;6-4-1-2-8-3-5(4)7;1-2;;;;/h5-8,10-13,20H,2-4,9H2,1H3,(H,27,28);2-9H,1H3,(H,22,23)(H,21,24,25);5-6,8-11,17H,2-4,7H2,1H3;5-7,11H,1-4H2;2-4,9-10H,1H3;1-3H,7H2,(H2,6,8);1H3;4*1H4. The van der Waals surface area contributed by atoms with Gasteiger partial charge in [0.2, 0.25) is 0 Å². The monoisotopic (exact) mass is 1820 g/mol. The van der Waals surface area contributed by atoms with Crippen molar-refractivity contribution < 1.29 is 33.8 Å². The van der Waals surface area contributed by atoms with Crippen LogP contribution in [0.1, 0.15) is 149 Å². The van der Waals surface area contributed by atoms with Crippen molar-refractivity contribution in [1.82, 2.24) is 114 Å². The van der Waals surface area contributed by atoms with Gasteiger partial charge in [-0.25, -0.2) is 43.9 Å². The van der Waals surface area contributed by atoms with Crippen LogP contribution in [-0.4, -0.2) is 169 Å². The van der Waals surface area contributed by atoms with E-state index in [1.807, 2.05) is 96.2 Å². The number of imidazole rings is 2. The van der Waals surface area contributed by atoms with Crippen LogP contribution in [0.3, 0.4) is 0 Å². The van der Waals surface area contributed by atoms with Gasteiger partial charge in [0.25, 0.3) is 0 Å². The molecular weight excluding hydrogens is 1720 g/mol. The minimum atomic E-state index is -1.41. The minimum absolute atomic E-state index is 0. The summed E-state index contributed by atoms with van der Waals surface area (Å²) in [4.78, 5) is 87.2. The number of alkyl halides is 1. The molecule has 35 heteroatoms. The number of rotatable bonds is 11. The van der Waals surface area contributed by atoms with Crippen molar-refractivity contribution in [1.29, 1.82) is 0 Å². The van der Waals surface area contributed by atoms with E-state index in [2.05, 4.69) is 150 Å². The molecule has 0 aromatic carbocycles. The fourth-order valence-electron chi connectivity index (χ4n) is 13.7. The molecule has 20 heterocycles. The summed E-state index contributed by atoms with van der Waals surface area (Å²) < 4.78 is 23.7. The number of H-pyrrole nitrogens is 3. The Morgan fingerprint density at radius 1 is 0.467 bits per heavy atom. The summed E-state index contributed by atoms with van der Waals surface area (Å²) in [5, 5.41) is 41.8. The zero-order chi connectivity index (χ0) is 82.2. The summed E-state index contributed by atoms with van der Waals surface area (Å²) in [5.41, 5.74) is 31.2. The van der Waals surface area contributed by atoms with E-state index in [4.69, 9.17) is 50.8 Å². The van der Waals surface area contributed by atoms with Crippen LogP contribution < -0.4 is 16.9 Å². The first-order valence-electron chi connectivity index (χ1n) is 38.0. The summed E-state index contributed by atoms with van der Waals surface area (Å²) in [6.45, 7) is 10.2. The van der Waals surface area contributed by atoms with Crippen LogP contribution in [0.4, 0.5) is 11.4 Å². The summed E-state index contributed by atoms with van der Waals surface area (Å²) in [6, 6.07) is 21.1. The maximum absolute atomic E-state index is 11.5. The number of aryl methyl sites for hydroxylation is 4. The number of nitrogen functional groups attached to an aromatic ring is 2. The molecule has 3 fully saturated rings. The van der Waals surface area contributed by atoms with Crippen LogP contribution in [0.15, 0.2) is 183 Å². The second-order valence-electron chi connectivity index (χ2n) is 27.7. The maximum Gasteiger partial charge on any atom is 0.490 e. The molecule has 17 aromatic rings. The third-order valence-corrected chi connectivity index (χ3v) is 20.3. The number of hydrogen-bond donors (Lipinski definition) is 7. The number of carbonyl (C=O) groups excluding carboxylic acids is 2. The van der Waals surface area contributed by atoms with Crippen LogP contribution in [0.5, 0.6) is 0 Å². The van der Waals surface area contributed by atoms with Gasteiger partial charge in [0, 0.05) is 156 Å². The fraction of sp³-hybridized carbons (Fsp3) is 0.276. The van der Waals surface area contributed by atoms with Gasteiger partial charge >= 0.3 is 7.12 Å². The Morgan fingerprint density at radius 2 is 0.877 bits per heavy atom. The van der Waals surface area contributed by atoms with E-state index in [1.165, 1.54) is 12.4 Å². The molecule has 3 aliphatic heterocycles. The largest absolute Gasteiger partial charge is 0.490 e. The number of carbonyl (C=O) groups is 2. The third-order valence-electron chi connectivity index (χ3n) is 19.9. The van der Waals surface area contributed by atoms with Gasteiger partial charge in [0.05, 0.1) is 73.6 Å². The van der Waals surface area contributed by atoms with Crippen molar-refractivity contribution in [2.45, 2.75) is 134 Å². The van der Waals surface area contributed by atoms with Gasteiger partial charge < -0.3 is 45.7 Å². The molecule has 0 radical (unpaired) electrons. The summed E-state index contributed by atoms with van der Waals surface area (Å²) in [6.07, 6.45) is 41.7. The lowest BCUT2D eigenvalue weighted by molar-refractivity contribution is -0.0372. The molecule has 17 aromatic heterocycles. The summed E-state index contributed by atoms with van der Waals surface area (Å²) >= 11 is 5.50. The van der Waals surface area contributed by atoms with E-state index in [9.17, 15) is 9.59 Å². The van der Waals surface area contributed by atoms with Crippen molar-refractivity contribution in [2.24, 2.45) is 0 Å². The van der Waals surface area contributed by atoms with Crippen LogP contribution in [0, 0.1) is 27.7 Å². The van der Waals surface area contributed by atoms with Crippen LogP contribution in [0.2, 0.25) is 0 Å². The lowest BCUT2D eigenvalue weighted by atomic mass is 9.79. The topological polar surface area (TPSA) is 436 Å². The molecule has 122 heavy (non-hydrogen) atoms. The summed E-state index contributed by atoms with van der Waals surface area (Å²) in [5.74, 6) is 1.41. The van der Waals surface area contributed by atoms with Crippen LogP contribution in [-0.2, 0) is 14.2 Å². The van der Waals surface area contributed by atoms with Crippen molar-refractivity contribution in [3.63, 3.8) is 0 Å². The van der Waals surface area contributed by atoms with Gasteiger partial charge in [-0.1, -0.05) is 52.3 Å². The van der Waals surface area contributed by atoms with E-state index in [-0.39, 0.29) is 48.4 Å². The van der Waals surface area contributed by atoms with Gasteiger partial charge in [-0.2, -0.15) is 20.4 Å². The Kier molecular flexibility index (Phi) is 32.4. The van der Waals surface area contributed by atoms with E-state index in [0.29, 0.717) is 56.8 Å². The Morgan fingerprint density at radius 3 is 1.32 bits per heavy atom. The number of pyridine rings is 11. The van der Waals surface area contributed by atoms with Gasteiger partial charge in [0.15, 0.2) is 65.5 Å². The molecule has 3 atom stereocenters. The Labute approximate surface area is 727 Å². The molecule has 630 valence electrons. The van der Waals surface area contributed by atoms with Gasteiger partial charge in [-0.3, -0.25) is 49.6 Å². The number of aldehydes is 2. The number of ether oxygens (including phenoxy) is 3. The minimum Gasteiger partial charge on any atom is -0.423 e. The molecule has 0 amide bonds. The van der Waals surface area contributed by atoms with Gasteiger partial charge in [0.1, 0.15) is 22.8 Å². The van der Waals surface area contributed by atoms with Crippen molar-refractivity contribution >= 4 is 141 Å². The van der Waals surface area contributed by atoms with Gasteiger partial charge in [-0.15, -0.1) is 0 Å². The molecule has 32 nitrogen and oxygen atoms in total. The molecule has 0 aliphatic carbocycles.